The van der Waals surface area contributed by atoms with E-state index in [1.807, 2.05) is 32.0 Å². The minimum Gasteiger partial charge on any atom is -0.348 e. The Morgan fingerprint density at radius 1 is 1.21 bits per heavy atom. The summed E-state index contributed by atoms with van der Waals surface area (Å²) in [6.07, 6.45) is 3.42. The summed E-state index contributed by atoms with van der Waals surface area (Å²) in [5.74, 6) is 0.514. The molecule has 0 radical (unpaired) electrons. The molecule has 1 N–H and O–H groups in total. The van der Waals surface area contributed by atoms with E-state index in [1.54, 1.807) is 23.9 Å². The maximum absolute atomic E-state index is 4.92. The number of pyridine rings is 2. The summed E-state index contributed by atoms with van der Waals surface area (Å²) in [7, 11) is 0. The van der Waals surface area contributed by atoms with Gasteiger partial charge in [0.2, 0.25) is 0 Å². The molecule has 4 heterocycles. The zero-order valence-electron chi connectivity index (χ0n) is 16.0. The fourth-order valence-corrected chi connectivity index (χ4v) is 4.02. The molecule has 0 aliphatic heterocycles. The van der Waals surface area contributed by atoms with Crippen LogP contribution in [0.25, 0.3) is 21.6 Å². The van der Waals surface area contributed by atoms with Crippen molar-refractivity contribution < 1.29 is 0 Å². The van der Waals surface area contributed by atoms with Gasteiger partial charge >= 0.3 is 0 Å². The van der Waals surface area contributed by atoms with E-state index in [0.717, 1.165) is 32.9 Å². The van der Waals surface area contributed by atoms with Crippen LogP contribution in [0.3, 0.4) is 0 Å². The number of hydrogen-bond donors (Lipinski definition) is 1. The van der Waals surface area contributed by atoms with Crippen LogP contribution in [0.2, 0.25) is 0 Å². The molecule has 7 heteroatoms. The number of amidine groups is 1. The number of hydrogen-bond acceptors (Lipinski definition) is 5. The van der Waals surface area contributed by atoms with Gasteiger partial charge in [-0.15, -0.1) is 11.3 Å². The number of aromatic nitrogens is 4. The number of thiophene rings is 1. The molecule has 0 aromatic carbocycles. The van der Waals surface area contributed by atoms with E-state index in [2.05, 4.69) is 45.7 Å². The first-order valence-electron chi connectivity index (χ1n) is 8.94. The van der Waals surface area contributed by atoms with Crippen molar-refractivity contribution >= 4 is 34.1 Å². The average molecular weight is 389 g/mol. The number of fused-ring (bicyclic) bond motifs is 1. The van der Waals surface area contributed by atoms with Gasteiger partial charge in [0.05, 0.1) is 23.8 Å². The van der Waals surface area contributed by atoms with Crippen LogP contribution in [0.4, 0.5) is 0 Å². The van der Waals surface area contributed by atoms with Gasteiger partial charge in [-0.3, -0.25) is 9.98 Å². The molecular formula is C21H20N6S. The first-order chi connectivity index (χ1) is 13.6. The van der Waals surface area contributed by atoms with Crippen LogP contribution < -0.4 is 0 Å². The molecule has 0 amide bonds. The van der Waals surface area contributed by atoms with Crippen molar-refractivity contribution in [2.24, 2.45) is 9.98 Å². The van der Waals surface area contributed by atoms with Crippen molar-refractivity contribution in [3.05, 3.63) is 64.7 Å². The van der Waals surface area contributed by atoms with Crippen molar-refractivity contribution in [2.75, 3.05) is 0 Å². The van der Waals surface area contributed by atoms with Gasteiger partial charge in [-0.05, 0) is 51.8 Å². The molecule has 140 valence electrons. The maximum Gasteiger partial charge on any atom is 0.175 e. The summed E-state index contributed by atoms with van der Waals surface area (Å²) >= 11 is 1.68. The molecule has 0 bridgehead atoms. The lowest BCUT2D eigenvalue weighted by atomic mass is 10.0. The number of nitrogens with zero attached hydrogens (tertiary/aromatic N) is 5. The minimum absolute atomic E-state index is 0.189. The van der Waals surface area contributed by atoms with E-state index in [4.69, 9.17) is 9.98 Å². The van der Waals surface area contributed by atoms with Gasteiger partial charge in [-0.2, -0.15) is 0 Å². The Kier molecular flexibility index (Phi) is 4.83. The molecular weight excluding hydrogens is 368 g/mol. The van der Waals surface area contributed by atoms with Crippen molar-refractivity contribution in [1.29, 1.82) is 0 Å². The molecule has 4 rings (SSSR count). The average Bonchev–Trinajstić information content (AvgIpc) is 3.29. The Balaban J connectivity index is 1.87. The zero-order chi connectivity index (χ0) is 19.7. The first kappa shape index (κ1) is 18.2. The molecule has 4 aromatic rings. The lowest BCUT2D eigenvalue weighted by molar-refractivity contribution is 0.816. The zero-order valence-corrected chi connectivity index (χ0v) is 16.8. The van der Waals surface area contributed by atoms with Crippen LogP contribution in [-0.4, -0.2) is 32.5 Å². The predicted octanol–water partition coefficient (Wildman–Crippen LogP) is 4.91. The summed E-state index contributed by atoms with van der Waals surface area (Å²) in [4.78, 5) is 28.0. The number of H-pyrrole nitrogens is 1. The number of nitrogens with one attached hydrogen (secondary N) is 1. The van der Waals surface area contributed by atoms with E-state index < -0.39 is 0 Å². The quantitative estimate of drug-likeness (QED) is 0.399. The highest BCUT2D eigenvalue weighted by molar-refractivity contribution is 7.18. The Morgan fingerprint density at radius 3 is 2.75 bits per heavy atom. The molecule has 0 aliphatic rings. The summed E-state index contributed by atoms with van der Waals surface area (Å²) < 4.78 is 0. The highest BCUT2D eigenvalue weighted by Gasteiger charge is 2.18. The SMILES string of the molecule is C=NC(=NC(C)c1cc2cc(C)sc2nc1-c1ccccn1)c1nc[nH]c1C. The third-order valence-electron chi connectivity index (χ3n) is 4.53. The highest BCUT2D eigenvalue weighted by Crippen LogP contribution is 2.34. The van der Waals surface area contributed by atoms with E-state index in [-0.39, 0.29) is 6.04 Å². The van der Waals surface area contributed by atoms with E-state index in [9.17, 15) is 0 Å². The van der Waals surface area contributed by atoms with Crippen molar-refractivity contribution in [3.63, 3.8) is 0 Å². The Bertz CT molecular complexity index is 1170. The lowest BCUT2D eigenvalue weighted by Crippen LogP contribution is -2.05. The van der Waals surface area contributed by atoms with Gasteiger partial charge < -0.3 is 4.98 Å². The Morgan fingerprint density at radius 2 is 2.07 bits per heavy atom. The second kappa shape index (κ2) is 7.44. The van der Waals surface area contributed by atoms with Gasteiger partial charge in [0.25, 0.3) is 0 Å². The first-order valence-corrected chi connectivity index (χ1v) is 9.76. The number of aryl methyl sites for hydroxylation is 2. The molecule has 0 aliphatic carbocycles. The molecule has 4 aromatic heterocycles. The topological polar surface area (TPSA) is 79.2 Å². The highest BCUT2D eigenvalue weighted by atomic mass is 32.1. The monoisotopic (exact) mass is 388 g/mol. The molecule has 0 saturated heterocycles. The van der Waals surface area contributed by atoms with Crippen LogP contribution in [0.15, 0.2) is 52.8 Å². The molecule has 28 heavy (non-hydrogen) atoms. The number of imidazole rings is 1. The van der Waals surface area contributed by atoms with Crippen LogP contribution in [0.1, 0.15) is 34.8 Å². The third-order valence-corrected chi connectivity index (χ3v) is 5.49. The number of aromatic amines is 1. The van der Waals surface area contributed by atoms with Crippen LogP contribution >= 0.6 is 11.3 Å². The molecule has 0 fully saturated rings. The van der Waals surface area contributed by atoms with Crippen LogP contribution in [0, 0.1) is 13.8 Å². The van der Waals surface area contributed by atoms with E-state index in [0.29, 0.717) is 11.5 Å². The van der Waals surface area contributed by atoms with E-state index in [1.165, 1.54) is 4.88 Å². The van der Waals surface area contributed by atoms with Gasteiger partial charge in [-0.25, -0.2) is 15.0 Å². The standard InChI is InChI=1S/C21H20N6S/c1-12-9-15-10-16(13(2)26-20(22-4)18-14(3)24-11-25-18)19(27-21(15)28-12)17-7-5-6-8-23-17/h5-11,13H,4H2,1-3H3,(H,24,25). The second-order valence-corrected chi connectivity index (χ2v) is 7.79. The Hall–Kier alpha value is -3.19. The van der Waals surface area contributed by atoms with E-state index >= 15 is 0 Å². The molecule has 1 atom stereocenters. The molecule has 0 saturated carbocycles. The largest absolute Gasteiger partial charge is 0.348 e. The Labute approximate surface area is 167 Å². The molecule has 0 spiro atoms. The van der Waals surface area contributed by atoms with Gasteiger partial charge in [-0.1, -0.05) is 6.07 Å². The van der Waals surface area contributed by atoms with Gasteiger partial charge in [0.1, 0.15) is 10.5 Å². The number of rotatable bonds is 4. The fraction of sp³-hybridized carbons (Fsp3) is 0.190. The normalized spacial score (nSPS) is 13.0. The molecule has 6 nitrogen and oxygen atoms in total. The third kappa shape index (κ3) is 3.36. The second-order valence-electron chi connectivity index (χ2n) is 6.56. The lowest BCUT2D eigenvalue weighted by Gasteiger charge is -2.13. The summed E-state index contributed by atoms with van der Waals surface area (Å²) in [6.45, 7) is 9.74. The number of aliphatic imine (C=N–C) groups is 2. The van der Waals surface area contributed by atoms with Gasteiger partial charge in [0, 0.05) is 27.7 Å². The van der Waals surface area contributed by atoms with Crippen LogP contribution in [0.5, 0.6) is 0 Å². The molecule has 1 unspecified atom stereocenters. The van der Waals surface area contributed by atoms with Crippen LogP contribution in [-0.2, 0) is 0 Å². The van der Waals surface area contributed by atoms with Crippen molar-refractivity contribution in [1.82, 2.24) is 19.9 Å². The summed E-state index contributed by atoms with van der Waals surface area (Å²) in [6, 6.07) is 9.96. The summed E-state index contributed by atoms with van der Waals surface area (Å²) in [5.41, 5.74) is 4.29. The minimum atomic E-state index is -0.189. The summed E-state index contributed by atoms with van der Waals surface area (Å²) in [5, 5.41) is 1.11. The maximum atomic E-state index is 4.92. The van der Waals surface area contributed by atoms with Crippen molar-refractivity contribution in [3.8, 4) is 11.4 Å². The van der Waals surface area contributed by atoms with Gasteiger partial charge in [0.15, 0.2) is 5.84 Å². The smallest absolute Gasteiger partial charge is 0.175 e. The predicted molar refractivity (Wildman–Crippen MR) is 115 cm³/mol. The van der Waals surface area contributed by atoms with Crippen molar-refractivity contribution in [2.45, 2.75) is 26.8 Å². The fourth-order valence-electron chi connectivity index (χ4n) is 3.15.